The lowest BCUT2D eigenvalue weighted by molar-refractivity contribution is 0.0313. The lowest BCUT2D eigenvalue weighted by Gasteiger charge is -2.37. The van der Waals surface area contributed by atoms with E-state index in [1.54, 1.807) is 47.4 Å². The molecule has 0 radical (unpaired) electrons. The van der Waals surface area contributed by atoms with Crippen LogP contribution in [0.1, 0.15) is 34.6 Å². The number of carbonyl (C=O) groups is 2. The smallest absolute Gasteiger partial charge is 0.259 e. The summed E-state index contributed by atoms with van der Waals surface area (Å²) in [6.07, 6.45) is 4.43. The zero-order valence-electron chi connectivity index (χ0n) is 20.2. The first-order valence-corrected chi connectivity index (χ1v) is 11.7. The van der Waals surface area contributed by atoms with Gasteiger partial charge in [0.1, 0.15) is 11.7 Å². The molecule has 4 rings (SSSR count). The van der Waals surface area contributed by atoms with E-state index in [0.717, 1.165) is 11.1 Å². The molecule has 35 heavy (non-hydrogen) atoms. The Balaban J connectivity index is 1.68. The number of amides is 2. The minimum Gasteiger partial charge on any atom is -0.472 e. The molecule has 0 spiro atoms. The Kier molecular flexibility index (Phi) is 7.41. The van der Waals surface area contributed by atoms with Crippen molar-refractivity contribution in [3.63, 3.8) is 0 Å². The number of carbonyl (C=O) groups excluding carboxylic acids is 2. The van der Waals surface area contributed by atoms with E-state index in [9.17, 15) is 14.7 Å². The van der Waals surface area contributed by atoms with Gasteiger partial charge in [0, 0.05) is 43.7 Å². The van der Waals surface area contributed by atoms with E-state index >= 15 is 0 Å². The molecule has 0 bridgehead atoms. The first kappa shape index (κ1) is 24.3. The Hall–Kier alpha value is -3.78. The molecule has 2 aromatic heterocycles. The number of ether oxygens (including phenoxy) is 1. The monoisotopic (exact) mass is 474 g/mol. The maximum Gasteiger partial charge on any atom is 0.259 e. The fourth-order valence-electron chi connectivity index (χ4n) is 4.17. The number of nitrogens with zero attached hydrogens (tertiary/aromatic N) is 4. The molecule has 1 aliphatic rings. The van der Waals surface area contributed by atoms with E-state index in [4.69, 9.17) is 4.74 Å². The third-order valence-corrected chi connectivity index (χ3v) is 6.34. The minimum absolute atomic E-state index is 0.124. The lowest BCUT2D eigenvalue weighted by Crippen LogP contribution is -2.50. The predicted octanol–water partition coefficient (Wildman–Crippen LogP) is 3.14. The second-order valence-corrected chi connectivity index (χ2v) is 8.99. The molecule has 0 aliphatic carbocycles. The Bertz CT molecular complexity index is 1170. The van der Waals surface area contributed by atoms with Gasteiger partial charge < -0.3 is 19.6 Å². The summed E-state index contributed by atoms with van der Waals surface area (Å²) in [4.78, 5) is 38.3. The maximum absolute atomic E-state index is 13.6. The molecule has 3 atom stereocenters. The van der Waals surface area contributed by atoms with Gasteiger partial charge >= 0.3 is 0 Å². The van der Waals surface area contributed by atoms with Gasteiger partial charge in [0.25, 0.3) is 11.8 Å². The van der Waals surface area contributed by atoms with Crippen molar-refractivity contribution in [2.75, 3.05) is 26.7 Å². The van der Waals surface area contributed by atoms with Crippen LogP contribution in [0, 0.1) is 5.92 Å². The molecule has 182 valence electrons. The molecule has 1 N–H and O–H groups in total. The number of hydrogen-bond acceptors (Lipinski definition) is 6. The molecule has 3 aromatic rings. The van der Waals surface area contributed by atoms with Gasteiger partial charge in [-0.3, -0.25) is 14.6 Å². The number of aliphatic hydroxyl groups excluding tert-OH is 1. The number of aliphatic hydroxyl groups is 1. The van der Waals surface area contributed by atoms with Crippen LogP contribution in [0.4, 0.5) is 0 Å². The minimum atomic E-state index is -0.420. The van der Waals surface area contributed by atoms with Crippen LogP contribution in [0.15, 0.2) is 67.1 Å². The summed E-state index contributed by atoms with van der Waals surface area (Å²) in [5.41, 5.74) is 2.56. The predicted molar refractivity (Wildman–Crippen MR) is 132 cm³/mol. The van der Waals surface area contributed by atoms with Crippen LogP contribution < -0.4 is 4.74 Å². The average molecular weight is 475 g/mol. The molecule has 0 fully saturated rings. The number of hydrogen-bond donors (Lipinski definition) is 1. The van der Waals surface area contributed by atoms with Crippen molar-refractivity contribution in [1.82, 2.24) is 19.8 Å². The van der Waals surface area contributed by atoms with Crippen molar-refractivity contribution >= 4 is 11.8 Å². The lowest BCUT2D eigenvalue weighted by atomic mass is 9.99. The van der Waals surface area contributed by atoms with Crippen LogP contribution in [0.25, 0.3) is 11.1 Å². The molecule has 2 amide bonds. The first-order valence-electron chi connectivity index (χ1n) is 11.7. The zero-order valence-corrected chi connectivity index (χ0v) is 20.2. The standard InChI is InChI=1S/C27H30N4O4/c1-18-15-31(19(2)17-32)27(34)23-12-22(20-8-5-4-6-9-20)14-29-25(23)35-24(18)16-30(3)26(33)21-10-7-11-28-13-21/h4-14,18-19,24,32H,15-17H2,1-3H3/t18-,19-,24+/m0/s1. The third-order valence-electron chi connectivity index (χ3n) is 6.34. The van der Waals surface area contributed by atoms with Crippen molar-refractivity contribution in [1.29, 1.82) is 0 Å². The summed E-state index contributed by atoms with van der Waals surface area (Å²) in [6, 6.07) is 14.5. The molecule has 0 unspecified atom stereocenters. The van der Waals surface area contributed by atoms with Gasteiger partial charge in [-0.25, -0.2) is 4.98 Å². The van der Waals surface area contributed by atoms with Crippen molar-refractivity contribution in [2.24, 2.45) is 5.92 Å². The summed E-state index contributed by atoms with van der Waals surface area (Å²) in [5, 5.41) is 9.84. The van der Waals surface area contributed by atoms with Crippen molar-refractivity contribution < 1.29 is 19.4 Å². The highest BCUT2D eigenvalue weighted by Crippen LogP contribution is 2.30. The third kappa shape index (κ3) is 5.33. The highest BCUT2D eigenvalue weighted by Gasteiger charge is 2.35. The SMILES string of the molecule is C[C@H]1CN([C@@H](C)CO)C(=O)c2cc(-c3ccccc3)cnc2O[C@@H]1CN(C)C(=O)c1cccnc1. The number of pyridine rings is 2. The highest BCUT2D eigenvalue weighted by molar-refractivity contribution is 5.98. The number of rotatable bonds is 6. The Morgan fingerprint density at radius 2 is 1.97 bits per heavy atom. The molecule has 8 nitrogen and oxygen atoms in total. The van der Waals surface area contributed by atoms with E-state index in [1.165, 1.54) is 6.20 Å². The summed E-state index contributed by atoms with van der Waals surface area (Å²) in [6.45, 7) is 4.29. The molecule has 3 heterocycles. The van der Waals surface area contributed by atoms with E-state index in [-0.39, 0.29) is 36.3 Å². The summed E-state index contributed by atoms with van der Waals surface area (Å²) in [7, 11) is 1.72. The normalized spacial score (nSPS) is 18.6. The largest absolute Gasteiger partial charge is 0.472 e. The molecular formula is C27H30N4O4. The average Bonchev–Trinajstić information content (AvgIpc) is 2.90. The molecule has 8 heteroatoms. The van der Waals surface area contributed by atoms with E-state index in [1.807, 2.05) is 44.2 Å². The summed E-state index contributed by atoms with van der Waals surface area (Å²) < 4.78 is 6.30. The van der Waals surface area contributed by atoms with E-state index in [2.05, 4.69) is 9.97 Å². The molecular weight excluding hydrogens is 444 g/mol. The maximum atomic E-state index is 13.6. The van der Waals surface area contributed by atoms with Crippen molar-refractivity contribution in [2.45, 2.75) is 26.0 Å². The van der Waals surface area contributed by atoms with Gasteiger partial charge in [0.05, 0.1) is 24.8 Å². The fraction of sp³-hybridized carbons (Fsp3) is 0.333. The molecule has 0 saturated carbocycles. The van der Waals surface area contributed by atoms with Gasteiger partial charge in [-0.05, 0) is 30.7 Å². The van der Waals surface area contributed by atoms with Gasteiger partial charge in [0.15, 0.2) is 0 Å². The highest BCUT2D eigenvalue weighted by atomic mass is 16.5. The van der Waals surface area contributed by atoms with Gasteiger partial charge in [-0.2, -0.15) is 0 Å². The van der Waals surface area contributed by atoms with E-state index in [0.29, 0.717) is 24.2 Å². The quantitative estimate of drug-likeness (QED) is 0.590. The van der Waals surface area contributed by atoms with Crippen LogP contribution in [0.5, 0.6) is 5.88 Å². The van der Waals surface area contributed by atoms with Crippen LogP contribution in [-0.4, -0.2) is 75.6 Å². The molecule has 1 aliphatic heterocycles. The van der Waals surface area contributed by atoms with E-state index < -0.39 is 6.10 Å². The summed E-state index contributed by atoms with van der Waals surface area (Å²) >= 11 is 0. The topological polar surface area (TPSA) is 95.9 Å². The summed E-state index contributed by atoms with van der Waals surface area (Å²) in [5.74, 6) is -0.304. The van der Waals surface area contributed by atoms with Crippen molar-refractivity contribution in [3.8, 4) is 17.0 Å². The van der Waals surface area contributed by atoms with Crippen LogP contribution >= 0.6 is 0 Å². The zero-order chi connectivity index (χ0) is 24.9. The fourth-order valence-corrected chi connectivity index (χ4v) is 4.17. The number of fused-ring (bicyclic) bond motifs is 1. The van der Waals surface area contributed by atoms with Crippen LogP contribution in [0.2, 0.25) is 0 Å². The number of likely N-dealkylation sites (N-methyl/N-ethyl adjacent to an activating group) is 1. The van der Waals surface area contributed by atoms with Gasteiger partial charge in [-0.15, -0.1) is 0 Å². The van der Waals surface area contributed by atoms with Crippen LogP contribution in [0.3, 0.4) is 0 Å². The molecule has 1 aromatic carbocycles. The number of benzene rings is 1. The van der Waals surface area contributed by atoms with Gasteiger partial charge in [0.2, 0.25) is 5.88 Å². The number of aromatic nitrogens is 2. The molecule has 0 saturated heterocycles. The second-order valence-electron chi connectivity index (χ2n) is 8.99. The Morgan fingerprint density at radius 3 is 2.66 bits per heavy atom. The first-order chi connectivity index (χ1) is 16.9. The Morgan fingerprint density at radius 1 is 1.20 bits per heavy atom. The van der Waals surface area contributed by atoms with Crippen molar-refractivity contribution in [3.05, 3.63) is 78.2 Å². The van der Waals surface area contributed by atoms with Crippen LogP contribution in [-0.2, 0) is 0 Å². The van der Waals surface area contributed by atoms with Gasteiger partial charge in [-0.1, -0.05) is 37.3 Å². The Labute approximate surface area is 205 Å². The second kappa shape index (κ2) is 10.7.